The van der Waals surface area contributed by atoms with Gasteiger partial charge in [0.05, 0.1) is 11.0 Å². The third-order valence-electron chi connectivity index (χ3n) is 10.4. The average molecular weight is 675 g/mol. The van der Waals surface area contributed by atoms with Gasteiger partial charge in [-0.1, -0.05) is 149 Å². The summed E-state index contributed by atoms with van der Waals surface area (Å²) in [4.78, 5) is 10.9. The normalized spacial score (nSPS) is 11.8. The summed E-state index contributed by atoms with van der Waals surface area (Å²) in [6.45, 7) is 13.6. The molecule has 2 nitrogen and oxygen atoms in total. The topological polar surface area (TPSA) is 25.8 Å². The van der Waals surface area contributed by atoms with Gasteiger partial charge in [-0.2, -0.15) is 0 Å². The van der Waals surface area contributed by atoms with E-state index < -0.39 is 0 Å². The van der Waals surface area contributed by atoms with Gasteiger partial charge in [-0.3, -0.25) is 9.97 Å². The zero-order valence-corrected chi connectivity index (χ0v) is 31.2. The summed E-state index contributed by atoms with van der Waals surface area (Å²) in [6.07, 6.45) is 1.95. The van der Waals surface area contributed by atoms with E-state index >= 15 is 0 Å². The van der Waals surface area contributed by atoms with E-state index in [1.165, 1.54) is 77.2 Å². The quantitative estimate of drug-likeness (QED) is 0.150. The van der Waals surface area contributed by atoms with Crippen LogP contribution in [0.2, 0.25) is 0 Å². The first kappa shape index (κ1) is 33.5. The number of pyridine rings is 2. The van der Waals surface area contributed by atoms with Gasteiger partial charge in [0.2, 0.25) is 0 Å². The number of benzene rings is 6. The van der Waals surface area contributed by atoms with Gasteiger partial charge in [-0.15, -0.1) is 0 Å². The lowest BCUT2D eigenvalue weighted by Crippen LogP contribution is -2.04. The maximum Gasteiger partial charge on any atom is 0.0787 e. The summed E-state index contributed by atoms with van der Waals surface area (Å²) < 4.78 is 0. The SMILES string of the molecule is Cc1nc2c(ccc3c2ccc2c(CC(C)C)c(-c4cccc(-c5ccccc5)c4)c(C)nc23)c(CC(C)C)c1-c1cccc(-c2ccccc2)c1. The second-order valence-electron chi connectivity index (χ2n) is 15.2. The summed E-state index contributed by atoms with van der Waals surface area (Å²) >= 11 is 0. The van der Waals surface area contributed by atoms with Crippen molar-refractivity contribution in [1.82, 2.24) is 9.97 Å². The predicted octanol–water partition coefficient (Wildman–Crippen LogP) is 13.6. The average Bonchev–Trinajstić information content (AvgIpc) is 3.15. The highest BCUT2D eigenvalue weighted by atomic mass is 14.7. The monoisotopic (exact) mass is 674 g/mol. The molecule has 0 aliphatic heterocycles. The van der Waals surface area contributed by atoms with Crippen LogP contribution in [-0.4, -0.2) is 9.97 Å². The smallest absolute Gasteiger partial charge is 0.0787 e. The predicted molar refractivity (Wildman–Crippen MR) is 223 cm³/mol. The van der Waals surface area contributed by atoms with E-state index in [9.17, 15) is 0 Å². The molecule has 0 unspecified atom stereocenters. The summed E-state index contributed by atoms with van der Waals surface area (Å²) in [5, 5.41) is 4.81. The minimum Gasteiger partial charge on any atom is -0.252 e. The molecule has 2 heterocycles. The van der Waals surface area contributed by atoms with Crippen molar-refractivity contribution in [3.63, 3.8) is 0 Å². The molecule has 8 aromatic rings. The molecule has 0 atom stereocenters. The highest BCUT2D eigenvalue weighted by molar-refractivity contribution is 6.17. The zero-order valence-electron chi connectivity index (χ0n) is 31.2. The maximum atomic E-state index is 5.43. The molecule has 2 heteroatoms. The van der Waals surface area contributed by atoms with Gasteiger partial charge in [0.25, 0.3) is 0 Å². The van der Waals surface area contributed by atoms with Crippen LogP contribution < -0.4 is 0 Å². The zero-order chi connectivity index (χ0) is 35.9. The fourth-order valence-electron chi connectivity index (χ4n) is 8.23. The van der Waals surface area contributed by atoms with E-state index in [0.29, 0.717) is 11.8 Å². The Hall–Kier alpha value is -5.60. The molecule has 0 radical (unpaired) electrons. The Labute approximate surface area is 308 Å². The number of hydrogen-bond donors (Lipinski definition) is 0. The van der Waals surface area contributed by atoms with Gasteiger partial charge >= 0.3 is 0 Å². The van der Waals surface area contributed by atoms with Gasteiger partial charge < -0.3 is 0 Å². The molecule has 2 aromatic heterocycles. The fourth-order valence-corrected chi connectivity index (χ4v) is 8.23. The third-order valence-corrected chi connectivity index (χ3v) is 10.4. The highest BCUT2D eigenvalue weighted by Crippen LogP contribution is 2.41. The first-order valence-electron chi connectivity index (χ1n) is 18.8. The Morgan fingerprint density at radius 3 is 1.12 bits per heavy atom. The number of aryl methyl sites for hydroxylation is 2. The second kappa shape index (κ2) is 13.8. The number of aromatic nitrogens is 2. The van der Waals surface area contributed by atoms with E-state index in [2.05, 4.69) is 175 Å². The number of nitrogens with zero attached hydrogens (tertiary/aromatic N) is 2. The molecule has 0 amide bonds. The van der Waals surface area contributed by atoms with Crippen molar-refractivity contribution in [3.05, 3.63) is 156 Å². The van der Waals surface area contributed by atoms with Crippen molar-refractivity contribution < 1.29 is 0 Å². The summed E-state index contributed by atoms with van der Waals surface area (Å²) in [5.41, 5.74) is 16.9. The minimum absolute atomic E-state index is 0.495. The molecule has 0 aliphatic carbocycles. The molecule has 0 fully saturated rings. The molecule has 0 N–H and O–H groups in total. The Balaban J connectivity index is 1.34. The lowest BCUT2D eigenvalue weighted by Gasteiger charge is -2.21. The van der Waals surface area contributed by atoms with Crippen molar-refractivity contribution in [2.24, 2.45) is 11.8 Å². The van der Waals surface area contributed by atoms with Gasteiger partial charge in [0.1, 0.15) is 0 Å². The van der Waals surface area contributed by atoms with Crippen LogP contribution in [0.5, 0.6) is 0 Å². The number of rotatable bonds is 8. The molecule has 0 bridgehead atoms. The van der Waals surface area contributed by atoms with Crippen LogP contribution in [0.25, 0.3) is 77.1 Å². The molecule has 256 valence electrons. The van der Waals surface area contributed by atoms with Crippen LogP contribution >= 0.6 is 0 Å². The lowest BCUT2D eigenvalue weighted by molar-refractivity contribution is 0.650. The summed E-state index contributed by atoms with van der Waals surface area (Å²) in [6, 6.07) is 48.5. The molecule has 0 aliphatic rings. The molecule has 0 spiro atoms. The molecule has 52 heavy (non-hydrogen) atoms. The van der Waals surface area contributed by atoms with Crippen molar-refractivity contribution >= 4 is 32.6 Å². The van der Waals surface area contributed by atoms with Crippen molar-refractivity contribution in [3.8, 4) is 44.5 Å². The van der Waals surface area contributed by atoms with Crippen LogP contribution in [0.15, 0.2) is 133 Å². The Kier molecular flexibility index (Phi) is 8.93. The first-order valence-corrected chi connectivity index (χ1v) is 18.8. The van der Waals surface area contributed by atoms with Crippen LogP contribution in [0, 0.1) is 25.7 Å². The van der Waals surface area contributed by atoms with E-state index in [4.69, 9.17) is 9.97 Å². The lowest BCUT2D eigenvalue weighted by atomic mass is 9.86. The van der Waals surface area contributed by atoms with E-state index in [-0.39, 0.29) is 0 Å². The Bertz CT molecular complexity index is 2400. The minimum atomic E-state index is 0.495. The fraction of sp³-hybridized carbons (Fsp3) is 0.200. The number of fused-ring (bicyclic) bond motifs is 5. The van der Waals surface area contributed by atoms with Crippen molar-refractivity contribution in [2.45, 2.75) is 54.4 Å². The van der Waals surface area contributed by atoms with Crippen LogP contribution in [0.3, 0.4) is 0 Å². The van der Waals surface area contributed by atoms with Crippen LogP contribution in [-0.2, 0) is 12.8 Å². The standard InChI is InChI=1S/C50H46N2/c1-31(2)27-45-43-25-23-42-41(49(43)51-33(5)47(45)39-21-13-19-37(29-39)35-15-9-7-10-16-35)24-26-44-46(28-32(3)4)48(34(6)52-50(42)44)40-22-14-20-38(30-40)36-17-11-8-12-18-36/h7-26,29-32H,27-28H2,1-6H3. The van der Waals surface area contributed by atoms with Crippen LogP contribution in [0.1, 0.15) is 50.2 Å². The van der Waals surface area contributed by atoms with E-state index in [0.717, 1.165) is 35.3 Å². The molecular formula is C50H46N2. The highest BCUT2D eigenvalue weighted by Gasteiger charge is 2.21. The van der Waals surface area contributed by atoms with E-state index in [1.807, 2.05) is 0 Å². The van der Waals surface area contributed by atoms with Crippen molar-refractivity contribution in [2.75, 3.05) is 0 Å². The van der Waals surface area contributed by atoms with Crippen LogP contribution in [0.4, 0.5) is 0 Å². The molecule has 8 rings (SSSR count). The molecule has 0 saturated carbocycles. The van der Waals surface area contributed by atoms with Gasteiger partial charge in [0, 0.05) is 44.1 Å². The third kappa shape index (κ3) is 6.17. The molecule has 0 saturated heterocycles. The summed E-state index contributed by atoms with van der Waals surface area (Å²) in [7, 11) is 0. The Morgan fingerprint density at radius 1 is 0.385 bits per heavy atom. The van der Waals surface area contributed by atoms with Crippen molar-refractivity contribution in [1.29, 1.82) is 0 Å². The van der Waals surface area contributed by atoms with Gasteiger partial charge in [-0.05, 0) is 95.2 Å². The largest absolute Gasteiger partial charge is 0.252 e. The molecular weight excluding hydrogens is 629 g/mol. The van der Waals surface area contributed by atoms with Gasteiger partial charge in [0.15, 0.2) is 0 Å². The van der Waals surface area contributed by atoms with E-state index in [1.54, 1.807) is 0 Å². The second-order valence-corrected chi connectivity index (χ2v) is 15.2. The first-order chi connectivity index (χ1) is 25.3. The molecule has 6 aromatic carbocycles. The van der Waals surface area contributed by atoms with Gasteiger partial charge in [-0.25, -0.2) is 0 Å². The summed E-state index contributed by atoms with van der Waals surface area (Å²) in [5.74, 6) is 0.991. The Morgan fingerprint density at radius 2 is 0.731 bits per heavy atom. The number of hydrogen-bond acceptors (Lipinski definition) is 2. The maximum absolute atomic E-state index is 5.43.